The van der Waals surface area contributed by atoms with E-state index < -0.39 is 0 Å². The van der Waals surface area contributed by atoms with Gasteiger partial charge in [0, 0.05) is 25.0 Å². The summed E-state index contributed by atoms with van der Waals surface area (Å²) in [5, 5.41) is 7.36. The molecule has 2 amide bonds. The molecule has 1 N–H and O–H groups in total. The second-order valence-electron chi connectivity index (χ2n) is 9.93. The molecule has 2 aliphatic carbocycles. The SMILES string of the molecule is Cc1noc([C@]23C[C@H](NC(=O)C4(c5ccccc5)CC4)CC2CN(C(=O)C(C)C)C3)n1. The first-order valence-corrected chi connectivity index (χ1v) is 11.3. The van der Waals surface area contributed by atoms with Crippen LogP contribution in [0.4, 0.5) is 0 Å². The van der Waals surface area contributed by atoms with Gasteiger partial charge in [0.05, 0.1) is 10.8 Å². The van der Waals surface area contributed by atoms with Crippen LogP contribution in [0.1, 0.15) is 56.8 Å². The van der Waals surface area contributed by atoms with E-state index in [0.717, 1.165) is 31.2 Å². The number of hydrogen-bond donors (Lipinski definition) is 1. The lowest BCUT2D eigenvalue weighted by molar-refractivity contribution is -0.134. The van der Waals surface area contributed by atoms with E-state index in [4.69, 9.17) is 4.52 Å². The lowest BCUT2D eigenvalue weighted by Crippen LogP contribution is -2.43. The molecule has 2 aromatic rings. The number of carbonyl (C=O) groups excluding carboxylic acids is 2. The number of benzene rings is 1. The summed E-state index contributed by atoms with van der Waals surface area (Å²) in [4.78, 5) is 32.5. The van der Waals surface area contributed by atoms with Crippen molar-refractivity contribution in [2.45, 2.75) is 63.3 Å². The average Bonchev–Trinajstić information content (AvgIpc) is 3.16. The summed E-state index contributed by atoms with van der Waals surface area (Å²) in [5.41, 5.74) is 0.335. The van der Waals surface area contributed by atoms with Gasteiger partial charge in [-0.2, -0.15) is 4.98 Å². The van der Waals surface area contributed by atoms with E-state index in [9.17, 15) is 9.59 Å². The lowest BCUT2D eigenvalue weighted by Gasteiger charge is -2.27. The summed E-state index contributed by atoms with van der Waals surface area (Å²) < 4.78 is 5.63. The van der Waals surface area contributed by atoms with Crippen molar-refractivity contribution in [2.75, 3.05) is 13.1 Å². The van der Waals surface area contributed by atoms with Crippen molar-refractivity contribution in [3.63, 3.8) is 0 Å². The number of nitrogens with zero attached hydrogens (tertiary/aromatic N) is 3. The molecule has 164 valence electrons. The molecule has 3 aliphatic rings. The summed E-state index contributed by atoms with van der Waals surface area (Å²) in [5.74, 6) is 1.64. The zero-order chi connectivity index (χ0) is 21.8. The first-order chi connectivity index (χ1) is 14.8. The van der Waals surface area contributed by atoms with Crippen molar-refractivity contribution in [3.05, 3.63) is 47.6 Å². The van der Waals surface area contributed by atoms with Crippen molar-refractivity contribution in [3.8, 4) is 0 Å². The molecule has 1 aromatic heterocycles. The van der Waals surface area contributed by atoms with Gasteiger partial charge in [-0.05, 0) is 44.1 Å². The fourth-order valence-corrected chi connectivity index (χ4v) is 5.70. The molecule has 0 bridgehead atoms. The van der Waals surface area contributed by atoms with Gasteiger partial charge < -0.3 is 14.7 Å². The summed E-state index contributed by atoms with van der Waals surface area (Å²) >= 11 is 0. The second kappa shape index (κ2) is 7.18. The number of rotatable bonds is 5. The van der Waals surface area contributed by atoms with Crippen LogP contribution in [0.25, 0.3) is 0 Å². The quantitative estimate of drug-likeness (QED) is 0.800. The summed E-state index contributed by atoms with van der Waals surface area (Å²) in [6, 6.07) is 10.1. The van der Waals surface area contributed by atoms with E-state index in [1.54, 1.807) is 0 Å². The standard InChI is InChI=1S/C24H30N4O3/c1-15(2)20(29)28-13-18-11-19(12-24(18,14-28)22-25-16(3)27-31-22)26-21(30)23(9-10-23)17-7-5-4-6-8-17/h4-8,15,18-19H,9-14H2,1-3H3,(H,26,30)/t18?,19-,24+/m1/s1. The maximum absolute atomic E-state index is 13.3. The third-order valence-corrected chi connectivity index (χ3v) is 7.48. The molecule has 0 radical (unpaired) electrons. The number of aromatic nitrogens is 2. The minimum atomic E-state index is -0.382. The highest BCUT2D eigenvalue weighted by atomic mass is 16.5. The Morgan fingerprint density at radius 1 is 1.23 bits per heavy atom. The predicted molar refractivity (Wildman–Crippen MR) is 114 cm³/mol. The summed E-state index contributed by atoms with van der Waals surface area (Å²) in [7, 11) is 0. The molecule has 1 saturated heterocycles. The molecule has 31 heavy (non-hydrogen) atoms. The van der Waals surface area contributed by atoms with Gasteiger partial charge in [-0.15, -0.1) is 0 Å². The average molecular weight is 423 g/mol. The van der Waals surface area contributed by atoms with E-state index >= 15 is 0 Å². The molecule has 3 atom stereocenters. The fourth-order valence-electron chi connectivity index (χ4n) is 5.70. The van der Waals surface area contributed by atoms with Crippen LogP contribution in [0.3, 0.4) is 0 Å². The first-order valence-electron chi connectivity index (χ1n) is 11.3. The van der Waals surface area contributed by atoms with Crippen LogP contribution in [0, 0.1) is 18.8 Å². The topological polar surface area (TPSA) is 88.3 Å². The van der Waals surface area contributed by atoms with Crippen molar-refractivity contribution in [1.29, 1.82) is 0 Å². The Hall–Kier alpha value is -2.70. The lowest BCUT2D eigenvalue weighted by atomic mass is 9.80. The van der Waals surface area contributed by atoms with Crippen LogP contribution < -0.4 is 5.32 Å². The van der Waals surface area contributed by atoms with Crippen LogP contribution in [-0.2, 0) is 20.4 Å². The van der Waals surface area contributed by atoms with Gasteiger partial charge in [-0.1, -0.05) is 49.3 Å². The Balaban J connectivity index is 1.36. The van der Waals surface area contributed by atoms with Gasteiger partial charge in [-0.3, -0.25) is 9.59 Å². The Bertz CT molecular complexity index is 997. The minimum Gasteiger partial charge on any atom is -0.353 e. The van der Waals surface area contributed by atoms with Crippen molar-refractivity contribution in [2.24, 2.45) is 11.8 Å². The fraction of sp³-hybridized carbons (Fsp3) is 0.583. The van der Waals surface area contributed by atoms with E-state index in [1.165, 1.54) is 0 Å². The Kier molecular flexibility index (Phi) is 4.68. The highest BCUT2D eigenvalue weighted by Crippen LogP contribution is 2.52. The van der Waals surface area contributed by atoms with Gasteiger partial charge in [0.1, 0.15) is 0 Å². The van der Waals surface area contributed by atoms with Gasteiger partial charge in [0.2, 0.25) is 17.7 Å². The number of likely N-dealkylation sites (tertiary alicyclic amines) is 1. The Morgan fingerprint density at radius 2 is 1.97 bits per heavy atom. The van der Waals surface area contributed by atoms with Crippen LogP contribution in [-0.4, -0.2) is 46.0 Å². The Labute approximate surface area is 182 Å². The number of fused-ring (bicyclic) bond motifs is 1. The van der Waals surface area contributed by atoms with Gasteiger partial charge in [0.15, 0.2) is 5.82 Å². The zero-order valence-electron chi connectivity index (χ0n) is 18.4. The highest BCUT2D eigenvalue weighted by Gasteiger charge is 2.59. The van der Waals surface area contributed by atoms with Crippen molar-refractivity contribution >= 4 is 11.8 Å². The van der Waals surface area contributed by atoms with Crippen LogP contribution in [0.5, 0.6) is 0 Å². The highest BCUT2D eigenvalue weighted by molar-refractivity contribution is 5.91. The van der Waals surface area contributed by atoms with E-state index in [1.807, 2.05) is 56.0 Å². The molecule has 1 aliphatic heterocycles. The first kappa shape index (κ1) is 20.2. The number of amides is 2. The molecule has 7 nitrogen and oxygen atoms in total. The predicted octanol–water partition coefficient (Wildman–Crippen LogP) is 2.74. The number of carbonyl (C=O) groups is 2. The maximum Gasteiger partial charge on any atom is 0.235 e. The van der Waals surface area contributed by atoms with E-state index in [-0.39, 0.29) is 40.5 Å². The maximum atomic E-state index is 13.3. The molecule has 3 fully saturated rings. The monoisotopic (exact) mass is 422 g/mol. The van der Waals surface area contributed by atoms with Gasteiger partial charge in [0.25, 0.3) is 0 Å². The molecule has 1 aromatic carbocycles. The third-order valence-electron chi connectivity index (χ3n) is 7.48. The number of nitrogens with one attached hydrogen (secondary N) is 1. The van der Waals surface area contributed by atoms with E-state index in [2.05, 4.69) is 15.5 Å². The molecule has 2 heterocycles. The van der Waals surface area contributed by atoms with Crippen molar-refractivity contribution in [1.82, 2.24) is 20.4 Å². The summed E-state index contributed by atoms with van der Waals surface area (Å²) in [6.07, 6.45) is 3.32. The molecular formula is C24H30N4O3. The van der Waals surface area contributed by atoms with Gasteiger partial charge in [-0.25, -0.2) is 0 Å². The van der Waals surface area contributed by atoms with E-state index in [0.29, 0.717) is 24.8 Å². The normalized spacial score (nSPS) is 28.6. The third kappa shape index (κ3) is 3.25. The summed E-state index contributed by atoms with van der Waals surface area (Å²) in [6.45, 7) is 6.93. The molecule has 2 saturated carbocycles. The minimum absolute atomic E-state index is 0.0437. The molecule has 1 unspecified atom stereocenters. The van der Waals surface area contributed by atoms with Gasteiger partial charge >= 0.3 is 0 Å². The molecular weight excluding hydrogens is 392 g/mol. The number of aryl methyl sites for hydroxylation is 1. The van der Waals surface area contributed by atoms with Crippen LogP contribution >= 0.6 is 0 Å². The molecule has 7 heteroatoms. The van der Waals surface area contributed by atoms with Crippen LogP contribution in [0.15, 0.2) is 34.9 Å². The largest absolute Gasteiger partial charge is 0.353 e. The number of hydrogen-bond acceptors (Lipinski definition) is 5. The van der Waals surface area contributed by atoms with Crippen LogP contribution in [0.2, 0.25) is 0 Å². The molecule has 5 rings (SSSR count). The smallest absolute Gasteiger partial charge is 0.235 e. The van der Waals surface area contributed by atoms with Crippen molar-refractivity contribution < 1.29 is 14.1 Å². The Morgan fingerprint density at radius 3 is 2.58 bits per heavy atom. The second-order valence-corrected chi connectivity index (χ2v) is 9.93. The molecule has 0 spiro atoms. The zero-order valence-corrected chi connectivity index (χ0v) is 18.4.